The number of H-pyrrole nitrogens is 1. The Morgan fingerprint density at radius 1 is 1.29 bits per heavy atom. The van der Waals surface area contributed by atoms with Gasteiger partial charge >= 0.3 is 13.4 Å². The summed E-state index contributed by atoms with van der Waals surface area (Å²) in [7, 11) is -4.04. The molecule has 3 rings (SSSR count). The van der Waals surface area contributed by atoms with Crippen molar-refractivity contribution in [2.45, 2.75) is 59.1 Å². The molecule has 2 aromatic rings. The van der Waals surface area contributed by atoms with Crippen LogP contribution in [0.3, 0.4) is 0 Å². The normalized spacial score (nSPS) is 25.9. The number of benzene rings is 1. The predicted molar refractivity (Wildman–Crippen MR) is 138 cm³/mol. The fourth-order valence-corrected chi connectivity index (χ4v) is 5.40. The number of aliphatic hydroxyl groups is 1. The smallest absolute Gasteiger partial charge is 0.413 e. The Hall–Kier alpha value is -2.78. The number of nitrogens with one attached hydrogen (secondary N) is 2. The van der Waals surface area contributed by atoms with E-state index in [1.54, 1.807) is 37.3 Å². The molecule has 6 unspecified atom stereocenters. The summed E-state index contributed by atoms with van der Waals surface area (Å²) in [6.07, 6.45) is -2.63. The van der Waals surface area contributed by atoms with Crippen molar-refractivity contribution in [3.8, 4) is 11.8 Å². The molecule has 0 spiro atoms. The molecule has 1 aromatic heterocycles. The number of hydrogen-bond donors (Lipinski definition) is 3. The van der Waals surface area contributed by atoms with Gasteiger partial charge in [-0.05, 0) is 31.4 Å². The predicted octanol–water partition coefficient (Wildman–Crippen LogP) is 2.57. The van der Waals surface area contributed by atoms with E-state index in [9.17, 15) is 24.5 Å². The first kappa shape index (κ1) is 29.8. The minimum Gasteiger partial charge on any atom is -0.413 e. The molecule has 0 amide bonds. The lowest BCUT2D eigenvalue weighted by molar-refractivity contribution is -0.0475. The van der Waals surface area contributed by atoms with Gasteiger partial charge in [0.15, 0.2) is 6.23 Å². The van der Waals surface area contributed by atoms with Crippen LogP contribution in [0.4, 0.5) is 0 Å². The van der Waals surface area contributed by atoms with E-state index in [1.807, 2.05) is 26.8 Å². The highest BCUT2D eigenvalue weighted by atomic mass is 31.2. The highest BCUT2D eigenvalue weighted by molar-refractivity contribution is 7.52. The van der Waals surface area contributed by atoms with Crippen LogP contribution in [0.2, 0.25) is 0 Å². The number of ether oxygens (including phenoxy) is 2. The Balaban J connectivity index is 1.78. The summed E-state index contributed by atoms with van der Waals surface area (Å²) in [6, 6.07) is 11.1. The van der Waals surface area contributed by atoms with Crippen LogP contribution in [-0.2, 0) is 18.6 Å². The highest BCUT2D eigenvalue weighted by Gasteiger charge is 2.55. The number of hydrogen-bond acceptors (Lipinski definition) is 9. The number of nitriles is 1. The maximum absolute atomic E-state index is 13.8. The molecule has 1 aliphatic heterocycles. The average molecular weight is 551 g/mol. The van der Waals surface area contributed by atoms with Crippen molar-refractivity contribution in [2.24, 2.45) is 10.8 Å². The summed E-state index contributed by atoms with van der Waals surface area (Å²) in [6.45, 7) is 9.58. The van der Waals surface area contributed by atoms with Gasteiger partial charge in [0.1, 0.15) is 23.4 Å². The molecule has 1 fully saturated rings. The molecule has 0 bridgehead atoms. The largest absolute Gasteiger partial charge is 0.459 e. The van der Waals surface area contributed by atoms with E-state index in [2.05, 4.69) is 10.1 Å². The van der Waals surface area contributed by atoms with Crippen molar-refractivity contribution in [2.75, 3.05) is 19.8 Å². The average Bonchev–Trinajstić information content (AvgIpc) is 3.08. The number of aromatic nitrogens is 2. The lowest BCUT2D eigenvalue weighted by Crippen LogP contribution is -2.41. The zero-order chi connectivity index (χ0) is 28.1. The number of rotatable bonds is 11. The summed E-state index contributed by atoms with van der Waals surface area (Å²) in [4.78, 5) is 25.9. The van der Waals surface area contributed by atoms with Gasteiger partial charge in [0.2, 0.25) is 0 Å². The van der Waals surface area contributed by atoms with Crippen LogP contribution in [-0.4, -0.2) is 52.7 Å². The minimum atomic E-state index is -4.04. The van der Waals surface area contributed by atoms with E-state index in [0.717, 1.165) is 10.6 Å². The molecule has 38 heavy (non-hydrogen) atoms. The molecule has 13 heteroatoms. The van der Waals surface area contributed by atoms with Gasteiger partial charge in [-0.3, -0.25) is 18.9 Å². The quantitative estimate of drug-likeness (QED) is 0.354. The van der Waals surface area contributed by atoms with E-state index in [4.69, 9.17) is 18.5 Å². The Morgan fingerprint density at radius 3 is 2.58 bits per heavy atom. The molecule has 0 radical (unpaired) electrons. The van der Waals surface area contributed by atoms with Crippen molar-refractivity contribution in [3.63, 3.8) is 0 Å². The van der Waals surface area contributed by atoms with Gasteiger partial charge in [-0.2, -0.15) is 5.26 Å². The second kappa shape index (κ2) is 11.9. The van der Waals surface area contributed by atoms with Gasteiger partial charge in [0.25, 0.3) is 5.56 Å². The molecule has 3 N–H and O–H groups in total. The van der Waals surface area contributed by atoms with Crippen molar-refractivity contribution in [3.05, 3.63) is 63.4 Å². The third-order valence-corrected chi connectivity index (χ3v) is 7.48. The molecular weight excluding hydrogens is 515 g/mol. The van der Waals surface area contributed by atoms with Crippen LogP contribution in [0.25, 0.3) is 0 Å². The lowest BCUT2D eigenvalue weighted by atomic mass is 9.84. The van der Waals surface area contributed by atoms with Crippen molar-refractivity contribution >= 4 is 7.75 Å². The Morgan fingerprint density at radius 2 is 1.97 bits per heavy atom. The van der Waals surface area contributed by atoms with Gasteiger partial charge in [0.05, 0.1) is 25.9 Å². The zero-order valence-electron chi connectivity index (χ0n) is 22.1. The van der Waals surface area contributed by atoms with E-state index in [0.29, 0.717) is 12.4 Å². The standard InChI is InChI=1S/C25H35N4O8P/c1-17(13-34-16-24(2,3)4)28-38(33,37-18-9-7-6-8-10-18)35-14-19-21(31)25(5,15-26)22(36-19)29-12-11-20(30)27-23(29)32/h6-12,17,19,21-22,31H,13-14,16H2,1-5H3,(H,28,33)(H,27,30,32). The number of aliphatic hydroxyl groups excluding tert-OH is 1. The van der Waals surface area contributed by atoms with Crippen LogP contribution in [0.5, 0.6) is 5.75 Å². The van der Waals surface area contributed by atoms with Crippen LogP contribution in [0.1, 0.15) is 40.8 Å². The molecule has 2 heterocycles. The number of nitrogens with zero attached hydrogens (tertiary/aromatic N) is 2. The summed E-state index contributed by atoms with van der Waals surface area (Å²) >= 11 is 0. The molecule has 1 aliphatic rings. The molecule has 1 saturated heterocycles. The van der Waals surface area contributed by atoms with Gasteiger partial charge in [-0.15, -0.1) is 0 Å². The fourth-order valence-electron chi connectivity index (χ4n) is 3.86. The van der Waals surface area contributed by atoms with Crippen LogP contribution in [0, 0.1) is 22.2 Å². The first-order chi connectivity index (χ1) is 17.8. The first-order valence-electron chi connectivity index (χ1n) is 12.2. The second-order valence-electron chi connectivity index (χ2n) is 10.7. The molecule has 0 aliphatic carbocycles. The van der Waals surface area contributed by atoms with E-state index in [-0.39, 0.29) is 12.0 Å². The second-order valence-corrected chi connectivity index (χ2v) is 12.4. The van der Waals surface area contributed by atoms with Crippen LogP contribution in [0.15, 0.2) is 52.2 Å². The first-order valence-corrected chi connectivity index (χ1v) is 13.7. The molecule has 208 valence electrons. The third-order valence-electron chi connectivity index (χ3n) is 5.79. The van der Waals surface area contributed by atoms with E-state index in [1.165, 1.54) is 13.1 Å². The van der Waals surface area contributed by atoms with E-state index < -0.39 is 55.5 Å². The number of para-hydroxylation sites is 1. The van der Waals surface area contributed by atoms with Crippen molar-refractivity contribution in [1.29, 1.82) is 5.26 Å². The molecule has 0 saturated carbocycles. The summed E-state index contributed by atoms with van der Waals surface area (Å²) in [5.74, 6) is 0.290. The lowest BCUT2D eigenvalue weighted by Gasteiger charge is -2.26. The summed E-state index contributed by atoms with van der Waals surface area (Å²) in [5.41, 5.74) is -3.05. The van der Waals surface area contributed by atoms with Gasteiger partial charge in [-0.25, -0.2) is 14.4 Å². The monoisotopic (exact) mass is 550 g/mol. The van der Waals surface area contributed by atoms with Gasteiger partial charge < -0.3 is 19.1 Å². The molecule has 1 aromatic carbocycles. The topological polar surface area (TPSA) is 165 Å². The van der Waals surface area contributed by atoms with Crippen LogP contribution < -0.4 is 20.9 Å². The maximum atomic E-state index is 13.8. The third kappa shape index (κ3) is 7.41. The van der Waals surface area contributed by atoms with Crippen molar-refractivity contribution < 1.29 is 28.2 Å². The maximum Gasteiger partial charge on any atom is 0.459 e. The summed E-state index contributed by atoms with van der Waals surface area (Å²) < 4.78 is 37.8. The van der Waals surface area contributed by atoms with Crippen LogP contribution >= 0.6 is 7.75 Å². The fraction of sp³-hybridized carbons (Fsp3) is 0.560. The molecule has 12 nitrogen and oxygen atoms in total. The zero-order valence-corrected chi connectivity index (χ0v) is 23.0. The highest BCUT2D eigenvalue weighted by Crippen LogP contribution is 2.48. The SMILES string of the molecule is CC(COCC(C)(C)C)NP(=O)(OCC1OC(n2ccc(=O)[nH]c2=O)C(C)(C#N)C1O)Oc1ccccc1. The summed E-state index contributed by atoms with van der Waals surface area (Å²) in [5, 5.41) is 23.7. The Labute approximate surface area is 221 Å². The van der Waals surface area contributed by atoms with Gasteiger partial charge in [-0.1, -0.05) is 39.0 Å². The van der Waals surface area contributed by atoms with E-state index >= 15 is 0 Å². The Kier molecular flexibility index (Phi) is 9.36. The van der Waals surface area contributed by atoms with Gasteiger partial charge in [0, 0.05) is 18.3 Å². The number of aromatic amines is 1. The Bertz CT molecular complexity index is 1280. The van der Waals surface area contributed by atoms with Crippen molar-refractivity contribution in [1.82, 2.24) is 14.6 Å². The minimum absolute atomic E-state index is 0.0475. The molecular formula is C25H35N4O8P. The molecule has 6 atom stereocenters.